The zero-order valence-corrected chi connectivity index (χ0v) is 12.8. The number of carbonyl (C=O) groups excluding carboxylic acids is 1. The van der Waals surface area contributed by atoms with Crippen molar-refractivity contribution >= 4 is 5.91 Å². The zero-order valence-electron chi connectivity index (χ0n) is 12.8. The molecule has 120 valence electrons. The van der Waals surface area contributed by atoms with Gasteiger partial charge in [0.15, 0.2) is 0 Å². The first-order chi connectivity index (χ1) is 11.2. The number of aromatic nitrogens is 1. The van der Waals surface area contributed by atoms with Gasteiger partial charge in [0.2, 0.25) is 0 Å². The quantitative estimate of drug-likeness (QED) is 0.943. The number of ether oxygens (including phenoxy) is 1. The fraction of sp³-hybridized carbons (Fsp3) is 0.333. The number of halogens is 1. The number of amides is 1. The number of nitrogens with zero attached hydrogens (tertiary/aromatic N) is 1. The van der Waals surface area contributed by atoms with Gasteiger partial charge >= 0.3 is 0 Å². The van der Waals surface area contributed by atoms with Gasteiger partial charge in [0.25, 0.3) is 5.91 Å². The molecular formula is C18H19FN2O2. The van der Waals surface area contributed by atoms with Crippen LogP contribution in [0.3, 0.4) is 0 Å². The van der Waals surface area contributed by atoms with Gasteiger partial charge in [0.1, 0.15) is 5.82 Å². The summed E-state index contributed by atoms with van der Waals surface area (Å²) in [7, 11) is 0. The molecule has 2 aromatic rings. The topological polar surface area (TPSA) is 51.2 Å². The predicted octanol–water partition coefficient (Wildman–Crippen LogP) is 3.19. The minimum absolute atomic E-state index is 0.110. The molecule has 1 aliphatic heterocycles. The molecule has 0 bridgehead atoms. The van der Waals surface area contributed by atoms with Gasteiger partial charge in [-0.25, -0.2) is 4.39 Å². The van der Waals surface area contributed by atoms with Gasteiger partial charge in [-0.05, 0) is 55.7 Å². The van der Waals surface area contributed by atoms with Gasteiger partial charge in [-0.15, -0.1) is 0 Å². The molecule has 1 amide bonds. The summed E-state index contributed by atoms with van der Waals surface area (Å²) >= 11 is 0. The van der Waals surface area contributed by atoms with E-state index in [1.54, 1.807) is 24.3 Å². The molecule has 1 N–H and O–H groups in total. The molecule has 1 aromatic heterocycles. The predicted molar refractivity (Wildman–Crippen MR) is 85.6 cm³/mol. The molecule has 0 radical (unpaired) electrons. The third-order valence-electron chi connectivity index (χ3n) is 3.93. The van der Waals surface area contributed by atoms with Crippen molar-refractivity contribution in [1.29, 1.82) is 0 Å². The molecule has 23 heavy (non-hydrogen) atoms. The first-order valence-electron chi connectivity index (χ1n) is 7.84. The Morgan fingerprint density at radius 2 is 2.04 bits per heavy atom. The summed E-state index contributed by atoms with van der Waals surface area (Å²) < 4.78 is 18.5. The zero-order chi connectivity index (χ0) is 16.1. The molecule has 0 aliphatic carbocycles. The minimum Gasteiger partial charge on any atom is -0.376 e. The number of hydrogen-bond donors (Lipinski definition) is 1. The normalized spacial score (nSPS) is 17.7. The Labute approximate surface area is 134 Å². The van der Waals surface area contributed by atoms with E-state index in [1.165, 1.54) is 18.3 Å². The molecule has 1 atom stereocenters. The van der Waals surface area contributed by atoms with Gasteiger partial charge in [-0.2, -0.15) is 0 Å². The SMILES string of the molecule is O=C(NCC1CCCCO1)c1ccc(-c2ccc(F)cc2)nc1. The van der Waals surface area contributed by atoms with Gasteiger partial charge in [0, 0.05) is 24.9 Å². The fourth-order valence-corrected chi connectivity index (χ4v) is 2.60. The monoisotopic (exact) mass is 314 g/mol. The smallest absolute Gasteiger partial charge is 0.252 e. The summed E-state index contributed by atoms with van der Waals surface area (Å²) in [5, 5.41) is 2.88. The van der Waals surface area contributed by atoms with Crippen LogP contribution in [-0.2, 0) is 4.74 Å². The Kier molecular flexibility index (Phi) is 4.98. The summed E-state index contributed by atoms with van der Waals surface area (Å²) in [5.41, 5.74) is 2.03. The molecule has 1 saturated heterocycles. The maximum absolute atomic E-state index is 12.9. The molecular weight excluding hydrogens is 295 g/mol. The summed E-state index contributed by atoms with van der Waals surface area (Å²) in [6.45, 7) is 1.30. The van der Waals surface area contributed by atoms with Crippen LogP contribution in [0, 0.1) is 5.82 Å². The van der Waals surface area contributed by atoms with Crippen molar-refractivity contribution in [2.24, 2.45) is 0 Å². The van der Waals surface area contributed by atoms with Crippen LogP contribution in [0.1, 0.15) is 29.6 Å². The van der Waals surface area contributed by atoms with Crippen molar-refractivity contribution in [2.45, 2.75) is 25.4 Å². The second-order valence-corrected chi connectivity index (χ2v) is 5.64. The average Bonchev–Trinajstić information content (AvgIpc) is 2.61. The second-order valence-electron chi connectivity index (χ2n) is 5.64. The number of nitrogens with one attached hydrogen (secondary N) is 1. The Bertz CT molecular complexity index is 650. The number of benzene rings is 1. The Balaban J connectivity index is 1.59. The fourth-order valence-electron chi connectivity index (χ4n) is 2.60. The molecule has 4 nitrogen and oxygen atoms in total. The lowest BCUT2D eigenvalue weighted by Crippen LogP contribution is -2.35. The molecule has 1 fully saturated rings. The van der Waals surface area contributed by atoms with Crippen LogP contribution >= 0.6 is 0 Å². The van der Waals surface area contributed by atoms with Crippen molar-refractivity contribution < 1.29 is 13.9 Å². The lowest BCUT2D eigenvalue weighted by molar-refractivity contribution is 0.0169. The van der Waals surface area contributed by atoms with Crippen molar-refractivity contribution in [2.75, 3.05) is 13.2 Å². The van der Waals surface area contributed by atoms with Crippen LogP contribution in [0.4, 0.5) is 4.39 Å². The summed E-state index contributed by atoms with van der Waals surface area (Å²) in [6.07, 6.45) is 4.88. The maximum Gasteiger partial charge on any atom is 0.252 e. The molecule has 1 unspecified atom stereocenters. The molecule has 0 spiro atoms. The minimum atomic E-state index is -0.283. The molecule has 1 aromatic carbocycles. The number of carbonyl (C=O) groups is 1. The van der Waals surface area contributed by atoms with Crippen LogP contribution < -0.4 is 5.32 Å². The van der Waals surface area contributed by atoms with Crippen LogP contribution in [0.25, 0.3) is 11.3 Å². The van der Waals surface area contributed by atoms with E-state index in [2.05, 4.69) is 10.3 Å². The number of pyridine rings is 1. The maximum atomic E-state index is 12.9. The van der Waals surface area contributed by atoms with E-state index in [0.29, 0.717) is 17.8 Å². The van der Waals surface area contributed by atoms with Gasteiger partial charge in [-0.3, -0.25) is 9.78 Å². The van der Waals surface area contributed by atoms with Gasteiger partial charge < -0.3 is 10.1 Å². The van der Waals surface area contributed by atoms with Crippen molar-refractivity contribution in [1.82, 2.24) is 10.3 Å². The molecule has 1 aliphatic rings. The Morgan fingerprint density at radius 3 is 2.70 bits per heavy atom. The van der Waals surface area contributed by atoms with Crippen LogP contribution in [0.2, 0.25) is 0 Å². The van der Waals surface area contributed by atoms with Crippen LogP contribution in [-0.4, -0.2) is 30.1 Å². The molecule has 3 rings (SSSR count). The molecule has 2 heterocycles. The van der Waals surface area contributed by atoms with E-state index >= 15 is 0 Å². The molecule has 5 heteroatoms. The van der Waals surface area contributed by atoms with E-state index in [9.17, 15) is 9.18 Å². The highest BCUT2D eigenvalue weighted by molar-refractivity contribution is 5.94. The average molecular weight is 314 g/mol. The van der Waals surface area contributed by atoms with E-state index in [-0.39, 0.29) is 17.8 Å². The van der Waals surface area contributed by atoms with E-state index in [1.807, 2.05) is 0 Å². The highest BCUT2D eigenvalue weighted by Gasteiger charge is 2.15. The first-order valence-corrected chi connectivity index (χ1v) is 7.84. The highest BCUT2D eigenvalue weighted by Crippen LogP contribution is 2.17. The Morgan fingerprint density at radius 1 is 1.22 bits per heavy atom. The largest absolute Gasteiger partial charge is 0.376 e. The van der Waals surface area contributed by atoms with Crippen LogP contribution in [0.5, 0.6) is 0 Å². The van der Waals surface area contributed by atoms with Crippen molar-refractivity contribution in [3.63, 3.8) is 0 Å². The summed E-state index contributed by atoms with van der Waals surface area (Å²) in [4.78, 5) is 16.4. The van der Waals surface area contributed by atoms with Crippen molar-refractivity contribution in [3.8, 4) is 11.3 Å². The number of rotatable bonds is 4. The highest BCUT2D eigenvalue weighted by atomic mass is 19.1. The van der Waals surface area contributed by atoms with E-state index < -0.39 is 0 Å². The van der Waals surface area contributed by atoms with E-state index in [0.717, 1.165) is 31.4 Å². The number of hydrogen-bond acceptors (Lipinski definition) is 3. The summed E-state index contributed by atoms with van der Waals surface area (Å²) in [6, 6.07) is 9.60. The van der Waals surface area contributed by atoms with Gasteiger partial charge in [0.05, 0.1) is 17.4 Å². The third-order valence-corrected chi connectivity index (χ3v) is 3.93. The second kappa shape index (κ2) is 7.33. The van der Waals surface area contributed by atoms with Crippen molar-refractivity contribution in [3.05, 3.63) is 54.0 Å². The first kappa shape index (κ1) is 15.6. The lowest BCUT2D eigenvalue weighted by Gasteiger charge is -2.22. The third kappa shape index (κ3) is 4.13. The lowest BCUT2D eigenvalue weighted by atomic mass is 10.1. The standard InChI is InChI=1S/C18H19FN2O2/c19-15-7-4-13(5-8-15)17-9-6-14(11-20-17)18(22)21-12-16-3-1-2-10-23-16/h4-9,11,16H,1-3,10,12H2,(H,21,22). The van der Waals surface area contributed by atoms with Crippen LogP contribution in [0.15, 0.2) is 42.6 Å². The Hall–Kier alpha value is -2.27. The van der Waals surface area contributed by atoms with E-state index in [4.69, 9.17) is 4.74 Å². The van der Waals surface area contributed by atoms with Gasteiger partial charge in [-0.1, -0.05) is 0 Å². The molecule has 0 saturated carbocycles. The summed E-state index contributed by atoms with van der Waals surface area (Å²) in [5.74, 6) is -0.438.